The van der Waals surface area contributed by atoms with E-state index in [0.717, 1.165) is 4.90 Å². The van der Waals surface area contributed by atoms with Crippen LogP contribution in [0.25, 0.3) is 0 Å². The molecule has 0 saturated carbocycles. The summed E-state index contributed by atoms with van der Waals surface area (Å²) < 4.78 is 0. The van der Waals surface area contributed by atoms with Gasteiger partial charge in [0.15, 0.2) is 0 Å². The highest BCUT2D eigenvalue weighted by Crippen LogP contribution is 2.25. The summed E-state index contributed by atoms with van der Waals surface area (Å²) >= 11 is 3.24. The molecule has 0 spiro atoms. The molecule has 15 heavy (non-hydrogen) atoms. The van der Waals surface area contributed by atoms with Gasteiger partial charge in [0.2, 0.25) is 11.8 Å². The Kier molecular flexibility index (Phi) is 2.54. The standard InChI is InChI=1S/C9H11BrN2O3/c1-11-7(13)4-6(9(11)15)12-3-2-5(10)8(12)14/h5-6H,2-4H2,1H3. The van der Waals surface area contributed by atoms with Crippen LogP contribution in [0.1, 0.15) is 12.8 Å². The maximum Gasteiger partial charge on any atom is 0.252 e. The number of carbonyl (C=O) groups is 3. The Bertz CT molecular complexity index is 344. The molecule has 3 amide bonds. The fourth-order valence-corrected chi connectivity index (χ4v) is 2.42. The van der Waals surface area contributed by atoms with Crippen LogP contribution in [0.15, 0.2) is 0 Å². The van der Waals surface area contributed by atoms with Crippen molar-refractivity contribution < 1.29 is 14.4 Å². The molecule has 0 aliphatic carbocycles. The van der Waals surface area contributed by atoms with E-state index in [0.29, 0.717) is 13.0 Å². The lowest BCUT2D eigenvalue weighted by molar-refractivity contribution is -0.141. The van der Waals surface area contributed by atoms with Gasteiger partial charge in [0.05, 0.1) is 11.2 Å². The number of alkyl halides is 1. The zero-order valence-corrected chi connectivity index (χ0v) is 9.86. The third kappa shape index (κ3) is 1.56. The van der Waals surface area contributed by atoms with Crippen molar-refractivity contribution in [2.24, 2.45) is 0 Å². The van der Waals surface area contributed by atoms with Crippen molar-refractivity contribution in [2.45, 2.75) is 23.7 Å². The van der Waals surface area contributed by atoms with E-state index in [1.54, 1.807) is 0 Å². The summed E-state index contributed by atoms with van der Waals surface area (Å²) in [6, 6.07) is -0.572. The molecule has 2 aliphatic heterocycles. The van der Waals surface area contributed by atoms with E-state index in [9.17, 15) is 14.4 Å². The highest BCUT2D eigenvalue weighted by atomic mass is 79.9. The molecule has 0 aromatic heterocycles. The normalized spacial score (nSPS) is 32.0. The van der Waals surface area contributed by atoms with Crippen molar-refractivity contribution in [3.8, 4) is 0 Å². The lowest BCUT2D eigenvalue weighted by Crippen LogP contribution is -2.42. The number of halogens is 1. The first-order chi connectivity index (χ1) is 7.02. The van der Waals surface area contributed by atoms with Gasteiger partial charge in [0, 0.05) is 13.6 Å². The molecule has 6 heteroatoms. The zero-order chi connectivity index (χ0) is 11.2. The molecular weight excluding hydrogens is 264 g/mol. The molecule has 2 atom stereocenters. The zero-order valence-electron chi connectivity index (χ0n) is 8.27. The van der Waals surface area contributed by atoms with Gasteiger partial charge < -0.3 is 4.90 Å². The Labute approximate surface area is 95.5 Å². The minimum absolute atomic E-state index is 0.0866. The summed E-state index contributed by atoms with van der Waals surface area (Å²) in [6.07, 6.45) is 0.821. The number of nitrogens with zero attached hydrogens (tertiary/aromatic N) is 2. The Hall–Kier alpha value is -0.910. The van der Waals surface area contributed by atoms with Gasteiger partial charge in [-0.2, -0.15) is 0 Å². The van der Waals surface area contributed by atoms with Crippen LogP contribution >= 0.6 is 15.9 Å². The maximum absolute atomic E-state index is 11.7. The molecule has 2 heterocycles. The van der Waals surface area contributed by atoms with Gasteiger partial charge in [0.1, 0.15) is 6.04 Å². The Balaban J connectivity index is 2.16. The number of likely N-dealkylation sites (tertiary alicyclic amines) is 2. The second kappa shape index (κ2) is 3.59. The van der Waals surface area contributed by atoms with Crippen LogP contribution in [-0.2, 0) is 14.4 Å². The lowest BCUT2D eigenvalue weighted by atomic mass is 10.2. The van der Waals surface area contributed by atoms with Gasteiger partial charge in [-0.3, -0.25) is 19.3 Å². The van der Waals surface area contributed by atoms with E-state index in [-0.39, 0.29) is 29.0 Å². The summed E-state index contributed by atoms with van der Waals surface area (Å²) in [5.74, 6) is -0.567. The Morgan fingerprint density at radius 2 is 1.93 bits per heavy atom. The third-order valence-corrected chi connectivity index (χ3v) is 3.76. The number of hydrogen-bond acceptors (Lipinski definition) is 3. The highest BCUT2D eigenvalue weighted by molar-refractivity contribution is 9.10. The van der Waals surface area contributed by atoms with Crippen molar-refractivity contribution >= 4 is 33.7 Å². The van der Waals surface area contributed by atoms with Crippen molar-refractivity contribution in [3.63, 3.8) is 0 Å². The molecule has 5 nitrogen and oxygen atoms in total. The fraction of sp³-hybridized carbons (Fsp3) is 0.667. The van der Waals surface area contributed by atoms with Gasteiger partial charge in [-0.1, -0.05) is 15.9 Å². The molecular formula is C9H11BrN2O3. The van der Waals surface area contributed by atoms with Crippen molar-refractivity contribution in [1.29, 1.82) is 0 Å². The highest BCUT2D eigenvalue weighted by Gasteiger charge is 2.45. The van der Waals surface area contributed by atoms with Gasteiger partial charge >= 0.3 is 0 Å². The van der Waals surface area contributed by atoms with Crippen molar-refractivity contribution in [1.82, 2.24) is 9.80 Å². The van der Waals surface area contributed by atoms with Crippen LogP contribution in [0.2, 0.25) is 0 Å². The molecule has 82 valence electrons. The fourth-order valence-electron chi connectivity index (χ4n) is 1.96. The molecule has 0 radical (unpaired) electrons. The van der Waals surface area contributed by atoms with Crippen LogP contribution in [0.5, 0.6) is 0 Å². The van der Waals surface area contributed by atoms with Gasteiger partial charge in [-0.25, -0.2) is 0 Å². The molecule has 2 aliphatic rings. The van der Waals surface area contributed by atoms with Crippen LogP contribution in [0.4, 0.5) is 0 Å². The molecule has 0 aromatic carbocycles. The lowest BCUT2D eigenvalue weighted by Gasteiger charge is -2.21. The number of hydrogen-bond donors (Lipinski definition) is 0. The van der Waals surface area contributed by atoms with Crippen LogP contribution in [0, 0.1) is 0 Å². The van der Waals surface area contributed by atoms with Gasteiger partial charge in [-0.15, -0.1) is 0 Å². The average molecular weight is 275 g/mol. The van der Waals surface area contributed by atoms with E-state index in [1.165, 1.54) is 11.9 Å². The van der Waals surface area contributed by atoms with E-state index in [1.807, 2.05) is 0 Å². The molecule has 0 bridgehead atoms. The Morgan fingerprint density at radius 3 is 2.33 bits per heavy atom. The van der Waals surface area contributed by atoms with Crippen molar-refractivity contribution in [3.05, 3.63) is 0 Å². The molecule has 0 aromatic rings. The topological polar surface area (TPSA) is 57.7 Å². The van der Waals surface area contributed by atoms with E-state index in [2.05, 4.69) is 15.9 Å². The maximum atomic E-state index is 11.7. The smallest absolute Gasteiger partial charge is 0.252 e. The van der Waals surface area contributed by atoms with Crippen molar-refractivity contribution in [2.75, 3.05) is 13.6 Å². The SMILES string of the molecule is CN1C(=O)CC(N2CCC(Br)C2=O)C1=O. The summed E-state index contributed by atoms with van der Waals surface area (Å²) in [7, 11) is 1.46. The third-order valence-electron chi connectivity index (χ3n) is 2.91. The van der Waals surface area contributed by atoms with Crippen LogP contribution in [0.3, 0.4) is 0 Å². The number of imide groups is 1. The van der Waals surface area contributed by atoms with E-state index < -0.39 is 6.04 Å². The summed E-state index contributed by atoms with van der Waals surface area (Å²) in [6.45, 7) is 0.548. The minimum Gasteiger partial charge on any atom is -0.329 e. The van der Waals surface area contributed by atoms with E-state index >= 15 is 0 Å². The predicted molar refractivity (Wildman–Crippen MR) is 55.2 cm³/mol. The number of carbonyl (C=O) groups excluding carboxylic acids is 3. The molecule has 2 unspecified atom stereocenters. The monoisotopic (exact) mass is 274 g/mol. The summed E-state index contributed by atoms with van der Waals surface area (Å²) in [5, 5.41) is 0. The number of rotatable bonds is 1. The molecule has 2 fully saturated rings. The average Bonchev–Trinajstić information content (AvgIpc) is 2.64. The minimum atomic E-state index is -0.572. The van der Waals surface area contributed by atoms with E-state index in [4.69, 9.17) is 0 Å². The number of likely N-dealkylation sites (N-methyl/N-ethyl adjacent to an activating group) is 1. The molecule has 2 rings (SSSR count). The quantitative estimate of drug-likeness (QED) is 0.489. The van der Waals surface area contributed by atoms with Crippen LogP contribution < -0.4 is 0 Å². The largest absolute Gasteiger partial charge is 0.329 e. The summed E-state index contributed by atoms with van der Waals surface area (Å²) in [4.78, 5) is 37.0. The van der Waals surface area contributed by atoms with Gasteiger partial charge in [-0.05, 0) is 6.42 Å². The van der Waals surface area contributed by atoms with Gasteiger partial charge in [0.25, 0.3) is 5.91 Å². The molecule has 0 N–H and O–H groups in total. The molecule has 2 saturated heterocycles. The second-order valence-corrected chi connectivity index (χ2v) is 4.90. The first-order valence-corrected chi connectivity index (χ1v) is 5.69. The van der Waals surface area contributed by atoms with Crippen LogP contribution in [-0.4, -0.2) is 52.0 Å². The number of amides is 3. The Morgan fingerprint density at radius 1 is 1.27 bits per heavy atom. The summed E-state index contributed by atoms with van der Waals surface area (Å²) in [5.41, 5.74) is 0. The first kappa shape index (κ1) is 10.6. The predicted octanol–water partition coefficient (Wildman–Crippen LogP) is -0.260. The first-order valence-electron chi connectivity index (χ1n) is 4.77. The second-order valence-electron chi connectivity index (χ2n) is 3.80.